The summed E-state index contributed by atoms with van der Waals surface area (Å²) in [6, 6.07) is 13.8. The zero-order chi connectivity index (χ0) is 40.1. The molecule has 13 nitrogen and oxygen atoms in total. The number of aromatic amines is 1. The zero-order valence-electron chi connectivity index (χ0n) is 33.8. The number of imide groups is 1. The Labute approximate surface area is 338 Å². The van der Waals surface area contributed by atoms with Gasteiger partial charge >= 0.3 is 0 Å². The summed E-state index contributed by atoms with van der Waals surface area (Å²) in [7, 11) is 0. The highest BCUT2D eigenvalue weighted by Crippen LogP contribution is 2.41. The first-order chi connectivity index (χ1) is 28.0. The first-order valence-corrected chi connectivity index (χ1v) is 21.0. The lowest BCUT2D eigenvalue weighted by Gasteiger charge is -2.42. The third-order valence-electron chi connectivity index (χ3n) is 12.8. The molecule has 14 heteroatoms. The molecule has 7 heterocycles. The number of hydrogen-bond donors (Lipinski definition) is 2. The van der Waals surface area contributed by atoms with Crippen molar-refractivity contribution >= 4 is 40.3 Å². The van der Waals surface area contributed by atoms with Crippen molar-refractivity contribution < 1.29 is 23.5 Å². The van der Waals surface area contributed by atoms with Crippen LogP contribution in [-0.4, -0.2) is 130 Å². The Kier molecular flexibility index (Phi) is 10.4. The number of piperazine rings is 1. The number of carbonyl (C=O) groups excluding carboxylic acids is 3. The number of hydrogen-bond acceptors (Lipinski definition) is 10. The minimum Gasteiger partial charge on any atom is -0.377 e. The van der Waals surface area contributed by atoms with E-state index in [4.69, 9.17) is 14.7 Å². The molecule has 3 atom stereocenters. The van der Waals surface area contributed by atoms with Gasteiger partial charge in [-0.05, 0) is 81.8 Å². The van der Waals surface area contributed by atoms with Gasteiger partial charge in [0.1, 0.15) is 11.7 Å². The van der Waals surface area contributed by atoms with Gasteiger partial charge in [-0.15, -0.1) is 0 Å². The van der Waals surface area contributed by atoms with E-state index in [9.17, 15) is 14.4 Å². The van der Waals surface area contributed by atoms with E-state index in [2.05, 4.69) is 61.1 Å². The quantitative estimate of drug-likeness (QED) is 0.220. The maximum atomic E-state index is 15.2. The van der Waals surface area contributed by atoms with Crippen LogP contribution in [-0.2, 0) is 27.3 Å². The monoisotopic (exact) mass is 791 g/mol. The van der Waals surface area contributed by atoms with Crippen LogP contribution in [0.5, 0.6) is 0 Å². The first kappa shape index (κ1) is 38.6. The molecule has 306 valence electrons. The summed E-state index contributed by atoms with van der Waals surface area (Å²) < 4.78 is 21.6. The lowest BCUT2D eigenvalue weighted by molar-refractivity contribution is -0.136. The Hall–Kier alpha value is -4.92. The second-order valence-corrected chi connectivity index (χ2v) is 17.4. The predicted molar refractivity (Wildman–Crippen MR) is 220 cm³/mol. The van der Waals surface area contributed by atoms with E-state index < -0.39 is 11.7 Å². The van der Waals surface area contributed by atoms with Gasteiger partial charge in [0, 0.05) is 117 Å². The van der Waals surface area contributed by atoms with Gasteiger partial charge in [0.2, 0.25) is 17.8 Å². The molecule has 0 bridgehead atoms. The Morgan fingerprint density at radius 1 is 0.931 bits per heavy atom. The number of anilines is 2. The third kappa shape index (κ3) is 7.69. The third-order valence-corrected chi connectivity index (χ3v) is 12.8. The molecule has 5 aliphatic heterocycles. The zero-order valence-corrected chi connectivity index (χ0v) is 33.8. The molecule has 3 amide bonds. The second-order valence-electron chi connectivity index (χ2n) is 17.4. The van der Waals surface area contributed by atoms with Crippen molar-refractivity contribution in [2.75, 3.05) is 68.8 Å². The maximum absolute atomic E-state index is 15.2. The summed E-state index contributed by atoms with van der Waals surface area (Å²) in [4.78, 5) is 61.5. The number of aromatic nitrogens is 3. The summed E-state index contributed by atoms with van der Waals surface area (Å²) in [6.07, 6.45) is 7.37. The Bertz CT molecular complexity index is 2170. The molecular weight excluding hydrogens is 738 g/mol. The van der Waals surface area contributed by atoms with Gasteiger partial charge in [-0.3, -0.25) is 29.5 Å². The SMILES string of the molecule is CC1Cc2c([nH]c3ccccc23)C(c2cnc(N3CCC(OCCN4CCN(c5ccc6c(c5)CN(C5CCC(=O)NC5=O)C6=O)CC4)CC3)nc2)N1CC(C)(C)F. The lowest BCUT2D eigenvalue weighted by Crippen LogP contribution is -2.52. The summed E-state index contributed by atoms with van der Waals surface area (Å²) in [5, 5.41) is 3.60. The van der Waals surface area contributed by atoms with E-state index in [0.29, 0.717) is 31.7 Å². The lowest BCUT2D eigenvalue weighted by atomic mass is 9.88. The summed E-state index contributed by atoms with van der Waals surface area (Å²) >= 11 is 0. The molecule has 3 unspecified atom stereocenters. The fourth-order valence-electron chi connectivity index (χ4n) is 9.74. The largest absolute Gasteiger partial charge is 0.377 e. The number of fused-ring (bicyclic) bond motifs is 4. The molecule has 0 saturated carbocycles. The summed E-state index contributed by atoms with van der Waals surface area (Å²) in [5.41, 5.74) is 5.79. The van der Waals surface area contributed by atoms with Crippen LogP contribution in [0.25, 0.3) is 10.9 Å². The second kappa shape index (κ2) is 15.7. The highest BCUT2D eigenvalue weighted by atomic mass is 19.1. The van der Waals surface area contributed by atoms with E-state index in [-0.39, 0.29) is 42.3 Å². The van der Waals surface area contributed by atoms with Crippen LogP contribution in [0.3, 0.4) is 0 Å². The number of nitrogens with one attached hydrogen (secondary N) is 2. The van der Waals surface area contributed by atoms with Crippen LogP contribution >= 0.6 is 0 Å². The molecule has 2 N–H and O–H groups in total. The fourth-order valence-corrected chi connectivity index (χ4v) is 9.74. The number of carbonyl (C=O) groups is 3. The van der Waals surface area contributed by atoms with Crippen molar-refractivity contribution in [2.24, 2.45) is 0 Å². The molecule has 0 spiro atoms. The topological polar surface area (TPSA) is 130 Å². The van der Waals surface area contributed by atoms with Gasteiger partial charge in [0.05, 0.1) is 18.8 Å². The van der Waals surface area contributed by atoms with Gasteiger partial charge in [0.15, 0.2) is 0 Å². The fraction of sp³-hybridized carbons (Fsp3) is 0.523. The van der Waals surface area contributed by atoms with Gasteiger partial charge in [0.25, 0.3) is 5.91 Å². The van der Waals surface area contributed by atoms with Crippen LogP contribution < -0.4 is 15.1 Å². The molecular formula is C44H54FN9O4. The maximum Gasteiger partial charge on any atom is 0.255 e. The van der Waals surface area contributed by atoms with Crippen molar-refractivity contribution in [1.29, 1.82) is 0 Å². The molecule has 2 aromatic carbocycles. The van der Waals surface area contributed by atoms with Gasteiger partial charge in [-0.1, -0.05) is 18.2 Å². The molecule has 3 saturated heterocycles. The smallest absolute Gasteiger partial charge is 0.255 e. The normalized spacial score (nSPS) is 23.8. The van der Waals surface area contributed by atoms with Gasteiger partial charge in [-0.25, -0.2) is 14.4 Å². The number of rotatable bonds is 10. The van der Waals surface area contributed by atoms with Crippen molar-refractivity contribution in [1.82, 2.24) is 35.0 Å². The van der Waals surface area contributed by atoms with Gasteiger partial charge < -0.3 is 24.4 Å². The first-order valence-electron chi connectivity index (χ1n) is 21.0. The van der Waals surface area contributed by atoms with E-state index >= 15 is 4.39 Å². The summed E-state index contributed by atoms with van der Waals surface area (Å²) in [5.74, 6) is -0.0857. The molecule has 5 aliphatic rings. The molecule has 58 heavy (non-hydrogen) atoms. The average molecular weight is 792 g/mol. The Balaban J connectivity index is 0.745. The van der Waals surface area contributed by atoms with Crippen molar-refractivity contribution in [3.05, 3.63) is 82.8 Å². The highest BCUT2D eigenvalue weighted by molar-refractivity contribution is 6.05. The van der Waals surface area contributed by atoms with Crippen LogP contribution in [0, 0.1) is 0 Å². The van der Waals surface area contributed by atoms with Gasteiger partial charge in [-0.2, -0.15) is 0 Å². The van der Waals surface area contributed by atoms with Crippen LogP contribution in [0.2, 0.25) is 0 Å². The molecule has 4 aromatic rings. The highest BCUT2D eigenvalue weighted by Gasteiger charge is 2.41. The van der Waals surface area contributed by atoms with Crippen LogP contribution in [0.15, 0.2) is 54.9 Å². The number of benzene rings is 2. The number of piperidine rings is 2. The van der Waals surface area contributed by atoms with E-state index in [0.717, 1.165) is 99.0 Å². The standard InChI is InChI=1S/C44H54FN9O4/c1-28-22-35-34-6-4-5-7-36(34)48-39(35)40(54(28)27-44(2,3)45)30-24-46-43(47-25-30)52-14-12-32(13-15-52)58-21-20-50-16-18-51(19-17-50)31-8-9-33-29(23-31)26-53(42(33)57)37-10-11-38(55)49-41(37)56/h4-9,23-25,28,32,37,40,48H,10-22,26-27H2,1-3H3,(H,49,55,56). The summed E-state index contributed by atoms with van der Waals surface area (Å²) in [6.45, 7) is 13.0. The van der Waals surface area contributed by atoms with E-state index in [1.54, 1.807) is 18.7 Å². The molecule has 0 aliphatic carbocycles. The van der Waals surface area contributed by atoms with E-state index in [1.165, 1.54) is 10.9 Å². The van der Waals surface area contributed by atoms with Crippen molar-refractivity contribution in [3.63, 3.8) is 0 Å². The molecule has 2 aromatic heterocycles. The Morgan fingerprint density at radius 2 is 1.69 bits per heavy atom. The van der Waals surface area contributed by atoms with Crippen molar-refractivity contribution in [2.45, 2.75) is 89.3 Å². The number of nitrogens with zero attached hydrogens (tertiary/aromatic N) is 7. The average Bonchev–Trinajstić information content (AvgIpc) is 3.74. The van der Waals surface area contributed by atoms with E-state index in [1.807, 2.05) is 30.6 Å². The number of amides is 3. The predicted octanol–water partition coefficient (Wildman–Crippen LogP) is 4.61. The molecule has 9 rings (SSSR count). The number of ether oxygens (including phenoxy) is 1. The van der Waals surface area contributed by atoms with Crippen LogP contribution in [0.1, 0.15) is 85.2 Å². The van der Waals surface area contributed by atoms with Crippen molar-refractivity contribution in [3.8, 4) is 0 Å². The van der Waals surface area contributed by atoms with Crippen LogP contribution in [0.4, 0.5) is 16.0 Å². The molecule has 0 radical (unpaired) electrons. The Morgan fingerprint density at radius 3 is 2.43 bits per heavy atom. The molecule has 3 fully saturated rings. The minimum atomic E-state index is -1.35. The number of halogens is 1. The minimum absolute atomic E-state index is 0.142. The number of alkyl halides is 1. The number of H-pyrrole nitrogens is 1. The number of para-hydroxylation sites is 1.